The molecular formula is C29H22N2O2S. The number of para-hydroxylation sites is 2. The van der Waals surface area contributed by atoms with Crippen LogP contribution in [0.25, 0.3) is 10.2 Å². The maximum atomic E-state index is 14.4. The van der Waals surface area contributed by atoms with Crippen molar-refractivity contribution in [3.05, 3.63) is 119 Å². The van der Waals surface area contributed by atoms with E-state index in [1.54, 1.807) is 11.3 Å². The van der Waals surface area contributed by atoms with Crippen molar-refractivity contribution in [3.8, 4) is 11.5 Å². The maximum absolute atomic E-state index is 14.4. The first-order valence-corrected chi connectivity index (χ1v) is 12.1. The number of hydrogen-bond donors (Lipinski definition) is 0. The van der Waals surface area contributed by atoms with Gasteiger partial charge in [0, 0.05) is 11.1 Å². The number of hydrogen-bond acceptors (Lipinski definition) is 4. The standard InChI is InChI=1S/C29H22N2O2S/c1-19-15-16-23-26(17-19)34-29(30-23)31(18-20-9-3-2-4-10-20)28(32)27-21-11-5-7-13-24(21)33-25-14-8-6-12-22(25)27/h2-17,27H,18H2,1H3. The number of ether oxygens (including phenoxy) is 1. The van der Waals surface area contributed by atoms with Crippen molar-refractivity contribution < 1.29 is 9.53 Å². The number of fused-ring (bicyclic) bond motifs is 3. The molecule has 1 aliphatic heterocycles. The van der Waals surface area contributed by atoms with Crippen LogP contribution in [0.2, 0.25) is 0 Å². The Bertz CT molecular complexity index is 1460. The normalized spacial score (nSPS) is 12.6. The van der Waals surface area contributed by atoms with Crippen molar-refractivity contribution >= 4 is 32.6 Å². The molecule has 1 aliphatic rings. The van der Waals surface area contributed by atoms with Gasteiger partial charge >= 0.3 is 0 Å². The smallest absolute Gasteiger partial charge is 0.241 e. The molecule has 1 aromatic heterocycles. The van der Waals surface area contributed by atoms with Crippen molar-refractivity contribution in [2.24, 2.45) is 0 Å². The number of nitrogens with zero attached hydrogens (tertiary/aromatic N) is 2. The van der Waals surface area contributed by atoms with E-state index in [0.29, 0.717) is 11.7 Å². The topological polar surface area (TPSA) is 42.4 Å². The van der Waals surface area contributed by atoms with Crippen LogP contribution in [0.15, 0.2) is 97.1 Å². The Hall–Kier alpha value is -3.96. The van der Waals surface area contributed by atoms with E-state index in [1.165, 1.54) is 5.56 Å². The minimum absolute atomic E-state index is 0.0113. The number of anilines is 1. The van der Waals surface area contributed by atoms with E-state index in [4.69, 9.17) is 9.72 Å². The highest BCUT2D eigenvalue weighted by atomic mass is 32.1. The zero-order chi connectivity index (χ0) is 23.1. The molecule has 0 N–H and O–H groups in total. The molecule has 0 atom stereocenters. The third-order valence-corrected chi connectivity index (χ3v) is 7.18. The molecule has 4 aromatic carbocycles. The number of carbonyl (C=O) groups excluding carboxylic acids is 1. The summed E-state index contributed by atoms with van der Waals surface area (Å²) in [6.45, 7) is 2.52. The Morgan fingerprint density at radius 3 is 2.24 bits per heavy atom. The molecule has 1 amide bonds. The number of rotatable bonds is 4. The average molecular weight is 463 g/mol. The fourth-order valence-electron chi connectivity index (χ4n) is 4.47. The van der Waals surface area contributed by atoms with Gasteiger partial charge in [-0.25, -0.2) is 4.98 Å². The number of amides is 1. The molecule has 4 nitrogen and oxygen atoms in total. The molecule has 5 aromatic rings. The van der Waals surface area contributed by atoms with E-state index in [1.807, 2.05) is 89.8 Å². The summed E-state index contributed by atoms with van der Waals surface area (Å²) in [5.41, 5.74) is 4.89. The molecule has 34 heavy (non-hydrogen) atoms. The van der Waals surface area contributed by atoms with E-state index >= 15 is 0 Å². The van der Waals surface area contributed by atoms with Gasteiger partial charge in [0.2, 0.25) is 5.91 Å². The number of aromatic nitrogens is 1. The van der Waals surface area contributed by atoms with Gasteiger partial charge in [0.1, 0.15) is 11.5 Å². The van der Waals surface area contributed by atoms with Crippen molar-refractivity contribution in [1.82, 2.24) is 4.98 Å². The fourth-order valence-corrected chi connectivity index (χ4v) is 5.54. The first kappa shape index (κ1) is 20.6. The molecule has 0 saturated heterocycles. The summed E-state index contributed by atoms with van der Waals surface area (Å²) in [6.07, 6.45) is 0. The van der Waals surface area contributed by atoms with E-state index in [2.05, 4.69) is 19.1 Å². The van der Waals surface area contributed by atoms with Crippen LogP contribution in [0.4, 0.5) is 5.13 Å². The van der Waals surface area contributed by atoms with Crippen molar-refractivity contribution in [1.29, 1.82) is 0 Å². The van der Waals surface area contributed by atoms with Gasteiger partial charge in [-0.05, 0) is 42.3 Å². The first-order valence-electron chi connectivity index (χ1n) is 11.3. The lowest BCUT2D eigenvalue weighted by Crippen LogP contribution is -2.36. The maximum Gasteiger partial charge on any atom is 0.241 e. The van der Waals surface area contributed by atoms with Gasteiger partial charge in [0.15, 0.2) is 5.13 Å². The third kappa shape index (κ3) is 3.64. The Labute approximate surface area is 202 Å². The van der Waals surface area contributed by atoms with Crippen LogP contribution in [-0.4, -0.2) is 10.9 Å². The molecule has 5 heteroatoms. The Kier molecular flexibility index (Phi) is 5.12. The Morgan fingerprint density at radius 1 is 0.882 bits per heavy atom. The summed E-state index contributed by atoms with van der Waals surface area (Å²) in [6, 6.07) is 31.9. The van der Waals surface area contributed by atoms with Gasteiger partial charge < -0.3 is 4.74 Å². The molecule has 0 radical (unpaired) electrons. The van der Waals surface area contributed by atoms with Crippen LogP contribution in [0.5, 0.6) is 11.5 Å². The summed E-state index contributed by atoms with van der Waals surface area (Å²) in [5, 5.41) is 0.705. The lowest BCUT2D eigenvalue weighted by Gasteiger charge is -2.31. The predicted molar refractivity (Wildman–Crippen MR) is 137 cm³/mol. The number of carbonyl (C=O) groups is 1. The van der Waals surface area contributed by atoms with E-state index in [9.17, 15) is 4.79 Å². The minimum Gasteiger partial charge on any atom is -0.457 e. The largest absolute Gasteiger partial charge is 0.457 e. The first-order chi connectivity index (χ1) is 16.7. The lowest BCUT2D eigenvalue weighted by atomic mass is 9.87. The molecule has 2 heterocycles. The zero-order valence-electron chi connectivity index (χ0n) is 18.6. The second kappa shape index (κ2) is 8.43. The highest BCUT2D eigenvalue weighted by Gasteiger charge is 2.36. The highest BCUT2D eigenvalue weighted by Crippen LogP contribution is 2.45. The second-order valence-corrected chi connectivity index (χ2v) is 9.50. The molecule has 166 valence electrons. The van der Waals surface area contributed by atoms with Gasteiger partial charge in [-0.15, -0.1) is 0 Å². The zero-order valence-corrected chi connectivity index (χ0v) is 19.5. The molecule has 0 aliphatic carbocycles. The summed E-state index contributed by atoms with van der Waals surface area (Å²) < 4.78 is 7.22. The van der Waals surface area contributed by atoms with Crippen molar-refractivity contribution in [2.45, 2.75) is 19.4 Å². The summed E-state index contributed by atoms with van der Waals surface area (Å²) in [4.78, 5) is 21.1. The summed E-state index contributed by atoms with van der Waals surface area (Å²) in [7, 11) is 0. The van der Waals surface area contributed by atoms with Crippen molar-refractivity contribution in [3.63, 3.8) is 0 Å². The van der Waals surface area contributed by atoms with E-state index in [-0.39, 0.29) is 5.91 Å². The van der Waals surface area contributed by atoms with E-state index in [0.717, 1.165) is 38.4 Å². The van der Waals surface area contributed by atoms with Crippen LogP contribution < -0.4 is 9.64 Å². The van der Waals surface area contributed by atoms with Gasteiger partial charge in [-0.1, -0.05) is 84.1 Å². The number of thiazole rings is 1. The highest BCUT2D eigenvalue weighted by molar-refractivity contribution is 7.22. The lowest BCUT2D eigenvalue weighted by molar-refractivity contribution is -0.119. The summed E-state index contributed by atoms with van der Waals surface area (Å²) >= 11 is 1.56. The molecule has 0 bridgehead atoms. The number of benzene rings is 4. The van der Waals surface area contributed by atoms with Gasteiger partial charge in [-0.3, -0.25) is 9.69 Å². The fraction of sp³-hybridized carbons (Fsp3) is 0.103. The third-order valence-electron chi connectivity index (χ3n) is 6.14. The Morgan fingerprint density at radius 2 is 1.53 bits per heavy atom. The van der Waals surface area contributed by atoms with Crippen LogP contribution in [0.1, 0.15) is 28.2 Å². The molecule has 6 rings (SSSR count). The van der Waals surface area contributed by atoms with Crippen molar-refractivity contribution in [2.75, 3.05) is 4.90 Å². The molecular weight excluding hydrogens is 440 g/mol. The molecule has 0 spiro atoms. The Balaban J connectivity index is 1.49. The van der Waals surface area contributed by atoms with Gasteiger partial charge in [0.25, 0.3) is 0 Å². The van der Waals surface area contributed by atoms with Gasteiger partial charge in [0.05, 0.1) is 22.7 Å². The molecule has 0 fully saturated rings. The van der Waals surface area contributed by atoms with Crippen LogP contribution in [-0.2, 0) is 11.3 Å². The second-order valence-electron chi connectivity index (χ2n) is 8.49. The number of aryl methyl sites for hydroxylation is 1. The molecule has 0 unspecified atom stereocenters. The SMILES string of the molecule is Cc1ccc2nc(N(Cc3ccccc3)C(=O)C3c4ccccc4Oc4ccccc43)sc2c1. The minimum atomic E-state index is -0.474. The van der Waals surface area contributed by atoms with Gasteiger partial charge in [-0.2, -0.15) is 0 Å². The monoisotopic (exact) mass is 462 g/mol. The van der Waals surface area contributed by atoms with Crippen LogP contribution in [0, 0.1) is 6.92 Å². The van der Waals surface area contributed by atoms with Crippen LogP contribution in [0.3, 0.4) is 0 Å². The summed E-state index contributed by atoms with van der Waals surface area (Å²) in [5.74, 6) is 0.958. The van der Waals surface area contributed by atoms with Crippen LogP contribution >= 0.6 is 11.3 Å². The average Bonchev–Trinajstić information content (AvgIpc) is 3.29. The molecule has 0 saturated carbocycles. The quantitative estimate of drug-likeness (QED) is 0.287. The predicted octanol–water partition coefficient (Wildman–Crippen LogP) is 7.08. The van der Waals surface area contributed by atoms with E-state index < -0.39 is 5.92 Å².